The maximum Gasteiger partial charge on any atom is 0.306 e. The summed E-state index contributed by atoms with van der Waals surface area (Å²) in [6.07, 6.45) is 6.67. The van der Waals surface area contributed by atoms with Gasteiger partial charge in [0.05, 0.1) is 5.60 Å². The number of unbranched alkanes of at least 4 members (excludes halogenated alkanes) is 2. The van der Waals surface area contributed by atoms with Crippen LogP contribution >= 0.6 is 0 Å². The van der Waals surface area contributed by atoms with Crippen LogP contribution in [-0.2, 0) is 14.3 Å². The van der Waals surface area contributed by atoms with Gasteiger partial charge in [0.1, 0.15) is 11.7 Å². The van der Waals surface area contributed by atoms with Crippen LogP contribution in [0.5, 0.6) is 0 Å². The molecule has 3 atom stereocenters. The summed E-state index contributed by atoms with van der Waals surface area (Å²) in [5, 5.41) is 0. The average Bonchev–Trinajstić information content (AvgIpc) is 2.82. The third-order valence-electron chi connectivity index (χ3n) is 5.00. The first-order valence-electron chi connectivity index (χ1n) is 7.81. The van der Waals surface area contributed by atoms with E-state index in [0.29, 0.717) is 12.3 Å². The number of esters is 1. The Balaban J connectivity index is 1.90. The number of ether oxygens (including phenoxy) is 2. The summed E-state index contributed by atoms with van der Waals surface area (Å²) >= 11 is 0. The fourth-order valence-corrected chi connectivity index (χ4v) is 3.47. The molecule has 2 heterocycles. The van der Waals surface area contributed by atoms with Crippen LogP contribution < -0.4 is 0 Å². The second-order valence-electron chi connectivity index (χ2n) is 6.77. The summed E-state index contributed by atoms with van der Waals surface area (Å²) in [5.74, 6) is 0.438. The Bertz CT molecular complexity index is 339. The van der Waals surface area contributed by atoms with Gasteiger partial charge in [0.25, 0.3) is 0 Å². The minimum Gasteiger partial charge on any atom is -0.459 e. The first-order valence-corrected chi connectivity index (χ1v) is 7.81. The zero-order valence-corrected chi connectivity index (χ0v) is 12.8. The second kappa shape index (κ2) is 5.43. The molecule has 0 aromatic heterocycles. The first kappa shape index (κ1) is 14.8. The molecule has 2 aliphatic heterocycles. The van der Waals surface area contributed by atoms with Crippen LogP contribution in [0.1, 0.15) is 72.6 Å². The van der Waals surface area contributed by atoms with Crippen molar-refractivity contribution in [1.29, 1.82) is 0 Å². The van der Waals surface area contributed by atoms with Crippen LogP contribution in [-0.4, -0.2) is 23.3 Å². The number of hydrogen-bond donors (Lipinski definition) is 0. The summed E-state index contributed by atoms with van der Waals surface area (Å²) in [4.78, 5) is 11.9. The Hall–Kier alpha value is -0.570. The van der Waals surface area contributed by atoms with Crippen molar-refractivity contribution in [3.8, 4) is 0 Å². The van der Waals surface area contributed by atoms with Crippen LogP contribution in [0, 0.1) is 5.92 Å². The van der Waals surface area contributed by atoms with Crippen molar-refractivity contribution in [1.82, 2.24) is 0 Å². The van der Waals surface area contributed by atoms with Gasteiger partial charge in [-0.1, -0.05) is 33.6 Å². The summed E-state index contributed by atoms with van der Waals surface area (Å²) in [6, 6.07) is 0. The van der Waals surface area contributed by atoms with E-state index in [2.05, 4.69) is 27.7 Å². The Labute approximate surface area is 117 Å². The Morgan fingerprint density at radius 1 is 1.37 bits per heavy atom. The molecule has 0 aromatic rings. The predicted molar refractivity (Wildman–Crippen MR) is 74.9 cm³/mol. The van der Waals surface area contributed by atoms with Crippen LogP contribution in [0.2, 0.25) is 0 Å². The third kappa shape index (κ3) is 2.81. The lowest BCUT2D eigenvalue weighted by Crippen LogP contribution is -2.39. The Morgan fingerprint density at radius 3 is 2.68 bits per heavy atom. The summed E-state index contributed by atoms with van der Waals surface area (Å²) in [7, 11) is 0. The normalized spacial score (nSPS) is 37.0. The third-order valence-corrected chi connectivity index (χ3v) is 5.00. The topological polar surface area (TPSA) is 35.5 Å². The quantitative estimate of drug-likeness (QED) is 0.542. The van der Waals surface area contributed by atoms with Crippen molar-refractivity contribution in [3.05, 3.63) is 0 Å². The molecular formula is C16H28O3. The van der Waals surface area contributed by atoms with E-state index in [1.54, 1.807) is 0 Å². The van der Waals surface area contributed by atoms with Gasteiger partial charge in [0, 0.05) is 12.8 Å². The predicted octanol–water partition coefficient (Wildman–Crippen LogP) is 3.85. The summed E-state index contributed by atoms with van der Waals surface area (Å²) in [6.45, 7) is 8.66. The van der Waals surface area contributed by atoms with Crippen molar-refractivity contribution in [2.75, 3.05) is 0 Å². The lowest BCUT2D eigenvalue weighted by atomic mass is 9.75. The Kier molecular flexibility index (Phi) is 4.24. The van der Waals surface area contributed by atoms with E-state index >= 15 is 0 Å². The highest BCUT2D eigenvalue weighted by Gasteiger charge is 2.61. The molecule has 0 unspecified atom stereocenters. The van der Waals surface area contributed by atoms with Crippen LogP contribution in [0.25, 0.3) is 0 Å². The van der Waals surface area contributed by atoms with Gasteiger partial charge in [0.15, 0.2) is 0 Å². The van der Waals surface area contributed by atoms with Crippen LogP contribution in [0.4, 0.5) is 0 Å². The van der Waals surface area contributed by atoms with E-state index in [9.17, 15) is 4.79 Å². The average molecular weight is 268 g/mol. The minimum atomic E-state index is -0.245. The second-order valence-corrected chi connectivity index (χ2v) is 6.77. The molecule has 3 heteroatoms. The van der Waals surface area contributed by atoms with Crippen LogP contribution in [0.15, 0.2) is 0 Å². The number of carbonyl (C=O) groups excluding carboxylic acids is 1. The first-order chi connectivity index (χ1) is 8.92. The maximum atomic E-state index is 11.9. The van der Waals surface area contributed by atoms with Gasteiger partial charge >= 0.3 is 5.97 Å². The number of fused-ring (bicyclic) bond motifs is 2. The molecule has 2 fully saturated rings. The molecular weight excluding hydrogens is 240 g/mol. The van der Waals surface area contributed by atoms with Gasteiger partial charge in [-0.05, 0) is 32.1 Å². The molecule has 2 aliphatic rings. The molecule has 0 aliphatic carbocycles. The largest absolute Gasteiger partial charge is 0.459 e. The van der Waals surface area contributed by atoms with Crippen molar-refractivity contribution in [3.63, 3.8) is 0 Å². The van der Waals surface area contributed by atoms with Gasteiger partial charge in [-0.2, -0.15) is 0 Å². The molecule has 19 heavy (non-hydrogen) atoms. The van der Waals surface area contributed by atoms with E-state index in [0.717, 1.165) is 38.5 Å². The van der Waals surface area contributed by atoms with Gasteiger partial charge in [-0.3, -0.25) is 4.79 Å². The molecule has 0 N–H and O–H groups in total. The molecule has 2 saturated heterocycles. The highest BCUT2D eigenvalue weighted by atomic mass is 16.6. The van der Waals surface area contributed by atoms with Gasteiger partial charge in [-0.25, -0.2) is 0 Å². The molecule has 0 amide bonds. The molecule has 0 saturated carbocycles. The SMILES string of the molecule is CCCCCC(=O)O[C@@H]1C[C@@]2(C(C)C)CC[C@]1(C)O2. The smallest absolute Gasteiger partial charge is 0.306 e. The Morgan fingerprint density at radius 2 is 2.11 bits per heavy atom. The van der Waals surface area contributed by atoms with Gasteiger partial charge in [0.2, 0.25) is 0 Å². The number of hydrogen-bond acceptors (Lipinski definition) is 3. The molecule has 3 nitrogen and oxygen atoms in total. The maximum absolute atomic E-state index is 11.9. The fourth-order valence-electron chi connectivity index (χ4n) is 3.47. The molecule has 0 aromatic carbocycles. The molecule has 2 bridgehead atoms. The number of carbonyl (C=O) groups is 1. The highest BCUT2D eigenvalue weighted by Crippen LogP contribution is 2.55. The van der Waals surface area contributed by atoms with Crippen molar-refractivity contribution < 1.29 is 14.3 Å². The minimum absolute atomic E-state index is 0.0437. The van der Waals surface area contributed by atoms with E-state index < -0.39 is 0 Å². The molecule has 0 radical (unpaired) electrons. The van der Waals surface area contributed by atoms with E-state index in [-0.39, 0.29) is 23.3 Å². The van der Waals surface area contributed by atoms with E-state index in [1.807, 2.05) is 0 Å². The summed E-state index contributed by atoms with van der Waals surface area (Å²) < 4.78 is 12.0. The molecule has 2 rings (SSSR count). The zero-order chi connectivity index (χ0) is 14.1. The molecule has 0 spiro atoms. The zero-order valence-electron chi connectivity index (χ0n) is 12.8. The lowest BCUT2D eigenvalue weighted by Gasteiger charge is -2.31. The molecule has 110 valence electrons. The van der Waals surface area contributed by atoms with E-state index in [1.165, 1.54) is 0 Å². The van der Waals surface area contributed by atoms with Crippen molar-refractivity contribution in [2.45, 2.75) is 89.9 Å². The monoisotopic (exact) mass is 268 g/mol. The lowest BCUT2D eigenvalue weighted by molar-refractivity contribution is -0.157. The van der Waals surface area contributed by atoms with Crippen molar-refractivity contribution in [2.24, 2.45) is 5.92 Å². The van der Waals surface area contributed by atoms with Crippen molar-refractivity contribution >= 4 is 5.97 Å². The number of rotatable bonds is 6. The highest BCUT2D eigenvalue weighted by molar-refractivity contribution is 5.69. The van der Waals surface area contributed by atoms with Gasteiger partial charge < -0.3 is 9.47 Å². The fraction of sp³-hybridized carbons (Fsp3) is 0.938. The standard InChI is InChI=1S/C16H28O3/c1-5-6-7-8-14(17)18-13-11-16(12(2)3)10-9-15(13,4)19-16/h12-13H,5-11H2,1-4H3/t13-,15+,16-/m1/s1. The summed E-state index contributed by atoms with van der Waals surface area (Å²) in [5.41, 5.74) is -0.298. The van der Waals surface area contributed by atoms with Gasteiger partial charge in [-0.15, -0.1) is 0 Å². The van der Waals surface area contributed by atoms with E-state index in [4.69, 9.17) is 9.47 Å². The van der Waals surface area contributed by atoms with Crippen LogP contribution in [0.3, 0.4) is 0 Å².